The Bertz CT molecular complexity index is 819. The molecule has 0 saturated heterocycles. The van der Waals surface area contributed by atoms with E-state index in [4.69, 9.17) is 23.2 Å². The van der Waals surface area contributed by atoms with Crippen LogP contribution in [0.1, 0.15) is 11.8 Å². The van der Waals surface area contributed by atoms with Crippen LogP contribution in [0.3, 0.4) is 0 Å². The number of nitrogens with one attached hydrogen (secondary N) is 1. The van der Waals surface area contributed by atoms with Crippen LogP contribution in [-0.4, -0.2) is 15.1 Å². The Labute approximate surface area is 135 Å². The molecule has 0 radical (unpaired) electrons. The van der Waals surface area contributed by atoms with Gasteiger partial charge in [0.15, 0.2) is 0 Å². The third-order valence-electron chi connectivity index (χ3n) is 2.98. The lowest BCUT2D eigenvalue weighted by Crippen LogP contribution is -1.96. The maximum absolute atomic E-state index is 9.89. The first-order valence-corrected chi connectivity index (χ1v) is 7.85. The second kappa shape index (κ2) is 5.67. The van der Waals surface area contributed by atoms with E-state index in [9.17, 15) is 5.11 Å². The van der Waals surface area contributed by atoms with E-state index in [1.54, 1.807) is 23.5 Å². The van der Waals surface area contributed by atoms with Crippen molar-refractivity contribution < 1.29 is 5.11 Å². The zero-order valence-electron chi connectivity index (χ0n) is 11.0. The molecule has 0 fully saturated rings. The lowest BCUT2D eigenvalue weighted by molar-refractivity contribution is 0.478. The fourth-order valence-electron chi connectivity index (χ4n) is 1.95. The molecule has 0 saturated carbocycles. The second-order valence-corrected chi connectivity index (χ2v) is 6.30. The molecule has 21 heavy (non-hydrogen) atoms. The van der Waals surface area contributed by atoms with Crippen LogP contribution in [0.4, 0.5) is 11.5 Å². The monoisotopic (exact) mass is 339 g/mol. The molecule has 0 unspecified atom stereocenters. The van der Waals surface area contributed by atoms with Gasteiger partial charge in [0.1, 0.15) is 16.4 Å². The van der Waals surface area contributed by atoms with Gasteiger partial charge in [-0.15, -0.1) is 11.3 Å². The van der Waals surface area contributed by atoms with E-state index in [1.807, 2.05) is 6.07 Å². The molecule has 108 valence electrons. The van der Waals surface area contributed by atoms with Crippen LogP contribution < -0.4 is 5.32 Å². The predicted molar refractivity (Wildman–Crippen MR) is 88.2 cm³/mol. The van der Waals surface area contributed by atoms with Crippen molar-refractivity contribution in [2.45, 2.75) is 13.3 Å². The van der Waals surface area contributed by atoms with Crippen LogP contribution >= 0.6 is 34.5 Å². The molecule has 0 aliphatic heterocycles. The number of hydrogen-bond donors (Lipinski definition) is 2. The average Bonchev–Trinajstić information content (AvgIpc) is 2.86. The Morgan fingerprint density at radius 1 is 1.24 bits per heavy atom. The number of hydrogen-bond acceptors (Lipinski definition) is 5. The molecule has 2 N–H and O–H groups in total. The van der Waals surface area contributed by atoms with E-state index in [2.05, 4.69) is 22.2 Å². The lowest BCUT2D eigenvalue weighted by atomic mass is 10.2. The van der Waals surface area contributed by atoms with Crippen molar-refractivity contribution in [1.29, 1.82) is 0 Å². The molecule has 2 aromatic heterocycles. The fourth-order valence-corrected chi connectivity index (χ4v) is 3.31. The van der Waals surface area contributed by atoms with E-state index < -0.39 is 0 Å². The summed E-state index contributed by atoms with van der Waals surface area (Å²) in [5.74, 6) is 0.645. The molecule has 1 aromatic carbocycles. The van der Waals surface area contributed by atoms with Crippen molar-refractivity contribution >= 4 is 56.3 Å². The van der Waals surface area contributed by atoms with Gasteiger partial charge in [-0.1, -0.05) is 18.5 Å². The molecule has 0 atom stereocenters. The van der Waals surface area contributed by atoms with E-state index in [0.29, 0.717) is 16.5 Å². The maximum Gasteiger partial charge on any atom is 0.225 e. The Morgan fingerprint density at radius 2 is 2.05 bits per heavy atom. The minimum atomic E-state index is 0.0910. The number of rotatable bonds is 3. The number of halogens is 2. The fraction of sp³-hybridized carbons (Fsp3) is 0.143. The molecule has 0 spiro atoms. The zero-order chi connectivity index (χ0) is 15.0. The van der Waals surface area contributed by atoms with Crippen molar-refractivity contribution in [3.05, 3.63) is 39.4 Å². The molecular weight excluding hydrogens is 329 g/mol. The van der Waals surface area contributed by atoms with Crippen LogP contribution in [0.25, 0.3) is 10.2 Å². The molecule has 7 heteroatoms. The quantitative estimate of drug-likeness (QED) is 0.520. The second-order valence-electron chi connectivity index (χ2n) is 4.41. The normalized spacial score (nSPS) is 11.0. The highest BCUT2D eigenvalue weighted by atomic mass is 35.5. The summed E-state index contributed by atoms with van der Waals surface area (Å²) in [6.45, 7) is 2.08. The number of anilines is 2. The smallest absolute Gasteiger partial charge is 0.225 e. The van der Waals surface area contributed by atoms with E-state index in [0.717, 1.165) is 16.6 Å². The summed E-state index contributed by atoms with van der Waals surface area (Å²) in [7, 11) is 0. The van der Waals surface area contributed by atoms with Crippen molar-refractivity contribution in [1.82, 2.24) is 9.97 Å². The minimum Gasteiger partial charge on any atom is -0.506 e. The van der Waals surface area contributed by atoms with Crippen molar-refractivity contribution in [3.63, 3.8) is 0 Å². The van der Waals surface area contributed by atoms with Gasteiger partial charge in [-0.05, 0) is 42.3 Å². The highest BCUT2D eigenvalue weighted by Gasteiger charge is 2.12. The number of thiophene rings is 1. The van der Waals surface area contributed by atoms with Crippen LogP contribution in [0.2, 0.25) is 10.3 Å². The third-order valence-corrected chi connectivity index (χ3v) is 4.55. The first kappa shape index (κ1) is 14.4. The molecule has 4 nitrogen and oxygen atoms in total. The molecule has 3 rings (SSSR count). The Kier molecular flexibility index (Phi) is 3.89. The van der Waals surface area contributed by atoms with Gasteiger partial charge in [-0.2, -0.15) is 4.98 Å². The summed E-state index contributed by atoms with van der Waals surface area (Å²) in [5, 5.41) is 14.5. The third kappa shape index (κ3) is 2.90. The maximum atomic E-state index is 9.89. The van der Waals surface area contributed by atoms with E-state index in [-0.39, 0.29) is 11.0 Å². The summed E-state index contributed by atoms with van der Waals surface area (Å²) < 4.78 is 0. The number of aryl methyl sites for hydroxylation is 1. The number of aromatic nitrogens is 2. The summed E-state index contributed by atoms with van der Waals surface area (Å²) in [5.41, 5.74) is 0.475. The van der Waals surface area contributed by atoms with Crippen LogP contribution in [0, 0.1) is 0 Å². The summed E-state index contributed by atoms with van der Waals surface area (Å²) in [6, 6.07) is 6.80. The minimum absolute atomic E-state index is 0.0910. The zero-order valence-corrected chi connectivity index (χ0v) is 13.4. The molecular formula is C14H11Cl2N3OS. The van der Waals surface area contributed by atoms with Crippen molar-refractivity contribution in [2.75, 3.05) is 5.32 Å². The number of phenols is 1. The highest BCUT2D eigenvalue weighted by molar-refractivity contribution is 7.18. The van der Waals surface area contributed by atoms with Gasteiger partial charge in [0, 0.05) is 9.90 Å². The van der Waals surface area contributed by atoms with Crippen LogP contribution in [-0.2, 0) is 6.42 Å². The Morgan fingerprint density at radius 3 is 2.81 bits per heavy atom. The summed E-state index contributed by atoms with van der Waals surface area (Å²) in [4.78, 5) is 10.5. The van der Waals surface area contributed by atoms with E-state index in [1.165, 1.54) is 10.9 Å². The molecule has 0 amide bonds. The topological polar surface area (TPSA) is 58.0 Å². The standard InChI is InChI=1S/C14H11Cl2N3OS/c1-2-8-6-9-12(18-14(16)19-13(9)21-8)17-10-5-7(15)3-4-11(10)20/h3-6,20H,2H2,1H3,(H,17,18,19). The summed E-state index contributed by atoms with van der Waals surface area (Å²) >= 11 is 13.5. The first-order valence-electron chi connectivity index (χ1n) is 6.28. The van der Waals surface area contributed by atoms with Gasteiger partial charge in [-0.25, -0.2) is 4.98 Å². The Balaban J connectivity index is 2.11. The van der Waals surface area contributed by atoms with Gasteiger partial charge in [0.25, 0.3) is 0 Å². The van der Waals surface area contributed by atoms with E-state index >= 15 is 0 Å². The van der Waals surface area contributed by atoms with Crippen LogP contribution in [0.15, 0.2) is 24.3 Å². The van der Waals surface area contributed by atoms with Gasteiger partial charge in [0.05, 0.1) is 11.1 Å². The van der Waals surface area contributed by atoms with Gasteiger partial charge >= 0.3 is 0 Å². The van der Waals surface area contributed by atoms with Crippen LogP contribution in [0.5, 0.6) is 5.75 Å². The highest BCUT2D eigenvalue weighted by Crippen LogP contribution is 2.34. The van der Waals surface area contributed by atoms with Gasteiger partial charge < -0.3 is 10.4 Å². The average molecular weight is 340 g/mol. The number of aromatic hydroxyl groups is 1. The molecule has 2 heterocycles. The number of fused-ring (bicyclic) bond motifs is 1. The summed E-state index contributed by atoms with van der Waals surface area (Å²) in [6.07, 6.45) is 0.917. The first-order chi connectivity index (χ1) is 10.1. The van der Waals surface area contributed by atoms with Crippen molar-refractivity contribution in [2.24, 2.45) is 0 Å². The lowest BCUT2D eigenvalue weighted by Gasteiger charge is -2.09. The number of benzene rings is 1. The van der Waals surface area contributed by atoms with Gasteiger partial charge in [0.2, 0.25) is 5.28 Å². The van der Waals surface area contributed by atoms with Crippen molar-refractivity contribution in [3.8, 4) is 5.75 Å². The largest absolute Gasteiger partial charge is 0.506 e. The van der Waals surface area contributed by atoms with Gasteiger partial charge in [-0.3, -0.25) is 0 Å². The SMILES string of the molecule is CCc1cc2c(Nc3cc(Cl)ccc3O)nc(Cl)nc2s1. The predicted octanol–water partition coefficient (Wildman–Crippen LogP) is 5.01. The molecule has 3 aromatic rings. The molecule has 0 bridgehead atoms. The number of nitrogens with zero attached hydrogens (tertiary/aromatic N) is 2. The number of phenolic OH excluding ortho intramolecular Hbond substituents is 1. The molecule has 0 aliphatic carbocycles. The Hall–Kier alpha value is -1.56. The molecule has 0 aliphatic rings.